The molecule has 6 rings (SSSR count). The molecule has 1 atom stereocenters. The van der Waals surface area contributed by atoms with Crippen LogP contribution >= 0.6 is 11.8 Å². The summed E-state index contributed by atoms with van der Waals surface area (Å²) in [4.78, 5) is 26.3. The SMILES string of the molecule is COc1ccc(C2=NN(C(=O)CSc3nnc(CNC(=O)c4ccco4)n3-c3ccc(F)cc3)C(c3ccc(OC)cc3)C2)cc1. The minimum absolute atomic E-state index is 0.00979. The van der Waals surface area contributed by atoms with E-state index < -0.39 is 11.7 Å². The van der Waals surface area contributed by atoms with Gasteiger partial charge in [-0.1, -0.05) is 23.9 Å². The third-order valence-corrected chi connectivity index (χ3v) is 8.27. The molecule has 0 spiro atoms. The van der Waals surface area contributed by atoms with Crippen molar-refractivity contribution in [3.05, 3.63) is 120 Å². The molecule has 2 aromatic heterocycles. The van der Waals surface area contributed by atoms with Gasteiger partial charge in [-0.15, -0.1) is 10.2 Å². The molecular formula is C33H29FN6O5S. The highest BCUT2D eigenvalue weighted by atomic mass is 32.2. The summed E-state index contributed by atoms with van der Waals surface area (Å²) in [5.74, 6) is 0.898. The Morgan fingerprint density at radius 3 is 2.30 bits per heavy atom. The van der Waals surface area contributed by atoms with Gasteiger partial charge in [0, 0.05) is 12.1 Å². The highest BCUT2D eigenvalue weighted by molar-refractivity contribution is 7.99. The lowest BCUT2D eigenvalue weighted by Crippen LogP contribution is -2.28. The molecule has 0 bridgehead atoms. The summed E-state index contributed by atoms with van der Waals surface area (Å²) < 4.78 is 31.2. The average molecular weight is 641 g/mol. The molecule has 1 N–H and O–H groups in total. The molecule has 1 aliphatic rings. The van der Waals surface area contributed by atoms with Crippen molar-refractivity contribution in [2.45, 2.75) is 24.2 Å². The molecular weight excluding hydrogens is 611 g/mol. The van der Waals surface area contributed by atoms with Gasteiger partial charge in [0.05, 0.1) is 44.5 Å². The Morgan fingerprint density at radius 1 is 0.957 bits per heavy atom. The first kappa shape index (κ1) is 30.6. The van der Waals surface area contributed by atoms with Crippen LogP contribution in [0.2, 0.25) is 0 Å². The van der Waals surface area contributed by atoms with Gasteiger partial charge < -0.3 is 19.2 Å². The fraction of sp³-hybridized carbons (Fsp3) is 0.182. The molecule has 5 aromatic rings. The molecule has 0 fully saturated rings. The van der Waals surface area contributed by atoms with Crippen LogP contribution in [0.15, 0.2) is 106 Å². The maximum atomic E-state index is 13.8. The zero-order valence-corrected chi connectivity index (χ0v) is 25.7. The van der Waals surface area contributed by atoms with Crippen molar-refractivity contribution >= 4 is 29.3 Å². The molecule has 11 nitrogen and oxygen atoms in total. The van der Waals surface area contributed by atoms with Crippen molar-refractivity contribution < 1.29 is 27.9 Å². The lowest BCUT2D eigenvalue weighted by molar-refractivity contribution is -0.130. The fourth-order valence-corrected chi connectivity index (χ4v) is 5.81. The number of amides is 2. The molecule has 2 amide bonds. The van der Waals surface area contributed by atoms with E-state index in [2.05, 4.69) is 15.5 Å². The standard InChI is InChI=1S/C33H29FN6O5S/c1-43-25-13-5-21(6-14-25)27-18-28(22-7-15-26(44-2)16-8-22)40(38-27)31(41)20-46-33-37-36-30(19-35-32(42)29-4-3-17-45-29)39(33)24-11-9-23(34)10-12-24/h3-17,28H,18-20H2,1-2H3,(H,35,42). The van der Waals surface area contributed by atoms with E-state index in [9.17, 15) is 14.0 Å². The number of furan rings is 1. The Labute approximate surface area is 268 Å². The second kappa shape index (κ2) is 13.7. The van der Waals surface area contributed by atoms with E-state index in [1.165, 1.54) is 35.2 Å². The van der Waals surface area contributed by atoms with Crippen molar-refractivity contribution in [1.82, 2.24) is 25.1 Å². The van der Waals surface area contributed by atoms with Crippen molar-refractivity contribution in [3.8, 4) is 17.2 Å². The number of carbonyl (C=O) groups excluding carboxylic acids is 2. The first-order valence-electron chi connectivity index (χ1n) is 14.3. The van der Waals surface area contributed by atoms with Crippen LogP contribution in [0.4, 0.5) is 4.39 Å². The molecule has 0 saturated heterocycles. The van der Waals surface area contributed by atoms with Crippen LogP contribution in [0.3, 0.4) is 0 Å². The van der Waals surface area contributed by atoms with E-state index in [4.69, 9.17) is 19.0 Å². The zero-order chi connectivity index (χ0) is 32.0. The Balaban J connectivity index is 1.25. The lowest BCUT2D eigenvalue weighted by atomic mass is 9.98. The number of carbonyl (C=O) groups is 2. The van der Waals surface area contributed by atoms with E-state index >= 15 is 0 Å². The van der Waals surface area contributed by atoms with Crippen LogP contribution in [-0.4, -0.2) is 57.3 Å². The number of nitrogens with one attached hydrogen (secondary N) is 1. The highest BCUT2D eigenvalue weighted by Crippen LogP contribution is 2.35. The third-order valence-electron chi connectivity index (χ3n) is 7.35. The van der Waals surface area contributed by atoms with Crippen LogP contribution < -0.4 is 14.8 Å². The van der Waals surface area contributed by atoms with Crippen molar-refractivity contribution in [2.24, 2.45) is 5.10 Å². The number of rotatable bonds is 11. The van der Waals surface area contributed by atoms with E-state index in [-0.39, 0.29) is 30.0 Å². The number of hydrazone groups is 1. The molecule has 46 heavy (non-hydrogen) atoms. The number of methoxy groups -OCH3 is 2. The van der Waals surface area contributed by atoms with E-state index in [1.54, 1.807) is 43.1 Å². The summed E-state index contributed by atoms with van der Waals surface area (Å²) in [6, 6.07) is 23.7. The van der Waals surface area contributed by atoms with E-state index in [0.29, 0.717) is 28.8 Å². The Bertz CT molecular complexity index is 1840. The van der Waals surface area contributed by atoms with Crippen LogP contribution in [0, 0.1) is 5.82 Å². The molecule has 0 radical (unpaired) electrons. The summed E-state index contributed by atoms with van der Waals surface area (Å²) in [6.45, 7) is 0.0135. The Kier molecular flexibility index (Phi) is 9.10. The van der Waals surface area contributed by atoms with Crippen LogP contribution in [-0.2, 0) is 11.3 Å². The van der Waals surface area contributed by atoms with Gasteiger partial charge in [0.15, 0.2) is 16.7 Å². The van der Waals surface area contributed by atoms with Gasteiger partial charge in [-0.05, 0) is 83.9 Å². The van der Waals surface area contributed by atoms with Crippen LogP contribution in [0.5, 0.6) is 11.5 Å². The molecule has 3 heterocycles. The number of halogens is 1. The van der Waals surface area contributed by atoms with Crippen molar-refractivity contribution in [2.75, 3.05) is 20.0 Å². The number of thioether (sulfide) groups is 1. The summed E-state index contributed by atoms with van der Waals surface area (Å²) >= 11 is 1.17. The summed E-state index contributed by atoms with van der Waals surface area (Å²) in [6.07, 6.45) is 1.92. The normalized spacial score (nSPS) is 14.2. The Hall–Kier alpha value is -5.43. The minimum atomic E-state index is -0.424. The van der Waals surface area contributed by atoms with Gasteiger partial charge in [-0.2, -0.15) is 5.10 Å². The number of aromatic nitrogens is 3. The molecule has 3 aromatic carbocycles. The minimum Gasteiger partial charge on any atom is -0.497 e. The Morgan fingerprint density at radius 2 is 1.65 bits per heavy atom. The van der Waals surface area contributed by atoms with Gasteiger partial charge in [0.25, 0.3) is 11.8 Å². The van der Waals surface area contributed by atoms with Gasteiger partial charge in [0.1, 0.15) is 17.3 Å². The largest absolute Gasteiger partial charge is 0.497 e. The number of hydrogen-bond acceptors (Lipinski definition) is 9. The first-order chi connectivity index (χ1) is 22.4. The summed E-state index contributed by atoms with van der Waals surface area (Å²) in [5, 5.41) is 18.0. The number of hydrogen-bond donors (Lipinski definition) is 1. The predicted molar refractivity (Wildman–Crippen MR) is 169 cm³/mol. The predicted octanol–water partition coefficient (Wildman–Crippen LogP) is 5.42. The monoisotopic (exact) mass is 640 g/mol. The maximum Gasteiger partial charge on any atom is 0.287 e. The van der Waals surface area contributed by atoms with Crippen molar-refractivity contribution in [3.63, 3.8) is 0 Å². The molecule has 13 heteroatoms. The lowest BCUT2D eigenvalue weighted by Gasteiger charge is -2.22. The highest BCUT2D eigenvalue weighted by Gasteiger charge is 2.33. The molecule has 1 aliphatic heterocycles. The van der Waals surface area contributed by atoms with Crippen molar-refractivity contribution in [1.29, 1.82) is 0 Å². The quantitative estimate of drug-likeness (QED) is 0.190. The van der Waals surface area contributed by atoms with Gasteiger partial charge in [0.2, 0.25) is 0 Å². The maximum absolute atomic E-state index is 13.8. The van der Waals surface area contributed by atoms with E-state index in [1.807, 2.05) is 48.5 Å². The number of ether oxygens (including phenoxy) is 2. The molecule has 1 unspecified atom stereocenters. The van der Waals surface area contributed by atoms with Gasteiger partial charge in [-0.3, -0.25) is 14.2 Å². The second-order valence-electron chi connectivity index (χ2n) is 10.2. The molecule has 0 saturated carbocycles. The summed E-state index contributed by atoms with van der Waals surface area (Å²) in [5.41, 5.74) is 3.14. The summed E-state index contributed by atoms with van der Waals surface area (Å²) in [7, 11) is 3.21. The van der Waals surface area contributed by atoms with Crippen LogP contribution in [0.1, 0.15) is 40.0 Å². The average Bonchev–Trinajstić information content (AvgIpc) is 3.87. The molecule has 0 aliphatic carbocycles. The number of benzene rings is 3. The fourth-order valence-electron chi connectivity index (χ4n) is 4.99. The van der Waals surface area contributed by atoms with Crippen LogP contribution in [0.25, 0.3) is 5.69 Å². The zero-order valence-electron chi connectivity index (χ0n) is 24.9. The number of nitrogens with zero attached hydrogens (tertiary/aromatic N) is 5. The van der Waals surface area contributed by atoms with Gasteiger partial charge in [-0.25, -0.2) is 9.40 Å². The topological polar surface area (TPSA) is 124 Å². The van der Waals surface area contributed by atoms with Gasteiger partial charge >= 0.3 is 0 Å². The third kappa shape index (κ3) is 6.64. The molecule has 234 valence electrons. The smallest absolute Gasteiger partial charge is 0.287 e. The van der Waals surface area contributed by atoms with E-state index in [0.717, 1.165) is 22.6 Å². The first-order valence-corrected chi connectivity index (χ1v) is 15.2. The second-order valence-corrected chi connectivity index (χ2v) is 11.1.